The molecule has 0 aliphatic heterocycles. The average Bonchev–Trinajstić information content (AvgIpc) is 2.72. The summed E-state index contributed by atoms with van der Waals surface area (Å²) >= 11 is 0. The van der Waals surface area contributed by atoms with E-state index in [0.29, 0.717) is 22.3 Å². The molecule has 0 bridgehead atoms. The van der Waals surface area contributed by atoms with Crippen LogP contribution >= 0.6 is 0 Å². The summed E-state index contributed by atoms with van der Waals surface area (Å²) in [5.41, 5.74) is 0.734. The Labute approximate surface area is 160 Å². The summed E-state index contributed by atoms with van der Waals surface area (Å²) in [6, 6.07) is 23.3. The molecule has 1 heterocycles. The van der Waals surface area contributed by atoms with Crippen molar-refractivity contribution in [2.24, 2.45) is 0 Å². The number of hydrogen-bond donors (Lipinski definition) is 1. The predicted molar refractivity (Wildman–Crippen MR) is 105 cm³/mol. The highest BCUT2D eigenvalue weighted by molar-refractivity contribution is 5.90. The molecule has 0 unspecified atom stereocenters. The Bertz CT molecular complexity index is 1170. The monoisotopic (exact) mass is 372 g/mol. The molecule has 0 aliphatic carbocycles. The number of ether oxygens (including phenoxy) is 1. The first-order valence-electron chi connectivity index (χ1n) is 8.64. The summed E-state index contributed by atoms with van der Waals surface area (Å²) in [7, 11) is 0. The molecule has 0 saturated heterocycles. The van der Waals surface area contributed by atoms with Crippen LogP contribution in [0, 0.1) is 0 Å². The molecule has 3 aromatic carbocycles. The highest BCUT2D eigenvalue weighted by Crippen LogP contribution is 2.22. The van der Waals surface area contributed by atoms with Crippen LogP contribution < -0.4 is 15.6 Å². The highest BCUT2D eigenvalue weighted by Gasteiger charge is 2.10. The van der Waals surface area contributed by atoms with E-state index < -0.39 is 0 Å². The van der Waals surface area contributed by atoms with E-state index in [2.05, 4.69) is 15.6 Å². The number of nitrogens with one attached hydrogen (secondary N) is 1. The van der Waals surface area contributed by atoms with Gasteiger partial charge < -0.3 is 10.1 Å². The van der Waals surface area contributed by atoms with Crippen molar-refractivity contribution in [2.75, 3.05) is 5.32 Å². The van der Waals surface area contributed by atoms with Gasteiger partial charge in [0.1, 0.15) is 23.6 Å². The maximum Gasteiger partial charge on any atom is 0.278 e. The van der Waals surface area contributed by atoms with Gasteiger partial charge in [-0.15, -0.1) is 5.10 Å². The number of nitrogens with zero attached hydrogens (tertiary/aromatic N) is 3. The fraction of sp³-hybridized carbons (Fsp3) is 0.0476. The van der Waals surface area contributed by atoms with Gasteiger partial charge in [0.25, 0.3) is 5.56 Å². The van der Waals surface area contributed by atoms with Gasteiger partial charge in [0.05, 0.1) is 5.39 Å². The minimum absolute atomic E-state index is 0.223. The summed E-state index contributed by atoms with van der Waals surface area (Å²) in [6.45, 7) is -0.223. The molecule has 0 aliphatic rings. The van der Waals surface area contributed by atoms with Crippen LogP contribution in [0.1, 0.15) is 0 Å². The van der Waals surface area contributed by atoms with Crippen molar-refractivity contribution in [3.8, 4) is 11.5 Å². The molecule has 7 nitrogen and oxygen atoms in total. The van der Waals surface area contributed by atoms with Crippen LogP contribution in [-0.4, -0.2) is 20.9 Å². The second-order valence-corrected chi connectivity index (χ2v) is 6.06. The highest BCUT2D eigenvalue weighted by atomic mass is 16.5. The summed E-state index contributed by atoms with van der Waals surface area (Å²) in [5.74, 6) is 1.01. The van der Waals surface area contributed by atoms with E-state index in [4.69, 9.17) is 4.74 Å². The number of para-hydroxylation sites is 1. The second-order valence-electron chi connectivity index (χ2n) is 6.06. The van der Waals surface area contributed by atoms with Crippen molar-refractivity contribution >= 4 is 22.5 Å². The Balaban J connectivity index is 1.43. The quantitative estimate of drug-likeness (QED) is 0.581. The lowest BCUT2D eigenvalue weighted by Crippen LogP contribution is -2.30. The van der Waals surface area contributed by atoms with Crippen LogP contribution in [0.3, 0.4) is 0 Å². The van der Waals surface area contributed by atoms with Crippen molar-refractivity contribution in [3.05, 3.63) is 89.2 Å². The normalized spacial score (nSPS) is 10.6. The largest absolute Gasteiger partial charge is 0.457 e. The number of amides is 1. The molecular weight excluding hydrogens is 356 g/mol. The molecule has 1 amide bonds. The van der Waals surface area contributed by atoms with Crippen LogP contribution in [-0.2, 0) is 11.3 Å². The number of anilines is 1. The summed E-state index contributed by atoms with van der Waals surface area (Å²) < 4.78 is 6.76. The van der Waals surface area contributed by atoms with Gasteiger partial charge in [0.2, 0.25) is 5.91 Å². The first-order chi connectivity index (χ1) is 13.7. The van der Waals surface area contributed by atoms with Crippen LogP contribution in [0.25, 0.3) is 10.9 Å². The van der Waals surface area contributed by atoms with Gasteiger partial charge in [-0.25, -0.2) is 4.68 Å². The van der Waals surface area contributed by atoms with Gasteiger partial charge in [0, 0.05) is 5.69 Å². The van der Waals surface area contributed by atoms with Crippen LogP contribution in [0.5, 0.6) is 11.5 Å². The third kappa shape index (κ3) is 3.88. The van der Waals surface area contributed by atoms with E-state index in [-0.39, 0.29) is 18.0 Å². The summed E-state index contributed by atoms with van der Waals surface area (Å²) in [4.78, 5) is 24.7. The number of carbonyl (C=O) groups is 1. The van der Waals surface area contributed by atoms with E-state index in [9.17, 15) is 9.59 Å². The van der Waals surface area contributed by atoms with E-state index in [1.54, 1.807) is 48.5 Å². The minimum atomic E-state index is -0.372. The van der Waals surface area contributed by atoms with Crippen LogP contribution in [0.4, 0.5) is 5.69 Å². The van der Waals surface area contributed by atoms with Crippen molar-refractivity contribution in [1.82, 2.24) is 15.0 Å². The van der Waals surface area contributed by atoms with E-state index in [0.717, 1.165) is 10.4 Å². The van der Waals surface area contributed by atoms with Crippen molar-refractivity contribution < 1.29 is 9.53 Å². The lowest BCUT2D eigenvalue weighted by Gasteiger charge is -2.09. The molecule has 0 radical (unpaired) electrons. The molecule has 0 spiro atoms. The maximum atomic E-state index is 12.4. The predicted octanol–water partition coefficient (Wildman–Crippen LogP) is 3.22. The minimum Gasteiger partial charge on any atom is -0.457 e. The number of hydrogen-bond acceptors (Lipinski definition) is 5. The van der Waals surface area contributed by atoms with E-state index in [1.807, 2.05) is 30.3 Å². The Morgan fingerprint density at radius 1 is 0.893 bits per heavy atom. The molecule has 4 aromatic rings. The fourth-order valence-electron chi connectivity index (χ4n) is 2.69. The van der Waals surface area contributed by atoms with Crippen LogP contribution in [0.2, 0.25) is 0 Å². The SMILES string of the molecule is O=C(Cn1nnc2ccccc2c1=O)Nc1ccc(Oc2ccccc2)cc1. The zero-order chi connectivity index (χ0) is 19.3. The Kier molecular flexibility index (Phi) is 4.79. The first-order valence-corrected chi connectivity index (χ1v) is 8.64. The molecule has 0 fully saturated rings. The number of rotatable bonds is 5. The smallest absolute Gasteiger partial charge is 0.278 e. The topological polar surface area (TPSA) is 86.1 Å². The average molecular weight is 372 g/mol. The summed E-state index contributed by atoms with van der Waals surface area (Å²) in [5, 5.41) is 11.0. The van der Waals surface area contributed by atoms with Crippen molar-refractivity contribution in [1.29, 1.82) is 0 Å². The molecule has 0 saturated carbocycles. The maximum absolute atomic E-state index is 12.4. The summed E-state index contributed by atoms with van der Waals surface area (Å²) in [6.07, 6.45) is 0. The van der Waals surface area contributed by atoms with Gasteiger partial charge >= 0.3 is 0 Å². The molecule has 1 aromatic heterocycles. The van der Waals surface area contributed by atoms with E-state index >= 15 is 0 Å². The Morgan fingerprint density at radius 2 is 1.57 bits per heavy atom. The number of aromatic nitrogens is 3. The molecule has 28 heavy (non-hydrogen) atoms. The van der Waals surface area contributed by atoms with Crippen molar-refractivity contribution in [3.63, 3.8) is 0 Å². The number of carbonyl (C=O) groups excluding carboxylic acids is 1. The lowest BCUT2D eigenvalue weighted by atomic mass is 10.2. The van der Waals surface area contributed by atoms with Crippen LogP contribution in [0.15, 0.2) is 83.7 Å². The zero-order valence-electron chi connectivity index (χ0n) is 14.8. The number of fused-ring (bicyclic) bond motifs is 1. The third-order valence-corrected chi connectivity index (χ3v) is 4.04. The van der Waals surface area contributed by atoms with Gasteiger partial charge in [-0.1, -0.05) is 35.5 Å². The van der Waals surface area contributed by atoms with Gasteiger partial charge in [-0.2, -0.15) is 0 Å². The van der Waals surface area contributed by atoms with Gasteiger partial charge in [0.15, 0.2) is 0 Å². The van der Waals surface area contributed by atoms with E-state index in [1.165, 1.54) is 0 Å². The second kappa shape index (κ2) is 7.71. The number of benzene rings is 3. The standard InChI is InChI=1S/C21H16N4O3/c26-20(14-25-21(27)18-8-4-5-9-19(18)23-24-25)22-15-10-12-17(13-11-15)28-16-6-2-1-3-7-16/h1-13H,14H2,(H,22,26). The first kappa shape index (κ1) is 17.4. The third-order valence-electron chi connectivity index (χ3n) is 4.04. The molecular formula is C21H16N4O3. The zero-order valence-corrected chi connectivity index (χ0v) is 14.8. The Morgan fingerprint density at radius 3 is 2.36 bits per heavy atom. The molecule has 1 N–H and O–H groups in total. The van der Waals surface area contributed by atoms with Gasteiger partial charge in [-0.3, -0.25) is 9.59 Å². The fourth-order valence-corrected chi connectivity index (χ4v) is 2.69. The molecule has 138 valence electrons. The van der Waals surface area contributed by atoms with Gasteiger partial charge in [-0.05, 0) is 48.5 Å². The molecule has 4 rings (SSSR count). The lowest BCUT2D eigenvalue weighted by molar-refractivity contribution is -0.117. The van der Waals surface area contributed by atoms with Crippen molar-refractivity contribution in [2.45, 2.75) is 6.54 Å². The Hall–Kier alpha value is -4.00. The molecule has 7 heteroatoms. The molecule has 0 atom stereocenters.